The van der Waals surface area contributed by atoms with Crippen molar-refractivity contribution in [3.63, 3.8) is 0 Å². The number of hydrogen-bond acceptors (Lipinski definition) is 4. The zero-order valence-electron chi connectivity index (χ0n) is 11.5. The van der Waals surface area contributed by atoms with Crippen LogP contribution in [0.15, 0.2) is 24.3 Å². The normalized spacial score (nSPS) is 18.7. The average molecular weight is 263 g/mol. The minimum atomic E-state index is -0.549. The molecule has 0 aromatic heterocycles. The molecular formula is C14H21N3O2. The van der Waals surface area contributed by atoms with Crippen molar-refractivity contribution < 1.29 is 9.90 Å². The zero-order chi connectivity index (χ0) is 13.8. The Hall–Kier alpha value is -1.43. The van der Waals surface area contributed by atoms with Crippen LogP contribution < -0.4 is 10.2 Å². The summed E-state index contributed by atoms with van der Waals surface area (Å²) >= 11 is 0. The number of nitrogens with zero attached hydrogens (tertiary/aromatic N) is 2. The fourth-order valence-corrected chi connectivity index (χ4v) is 2.27. The average Bonchev–Trinajstić information content (AvgIpc) is 2.39. The Morgan fingerprint density at radius 3 is 2.89 bits per heavy atom. The van der Waals surface area contributed by atoms with Crippen LogP contribution in [0, 0.1) is 0 Å². The van der Waals surface area contributed by atoms with Gasteiger partial charge in [0.15, 0.2) is 0 Å². The van der Waals surface area contributed by atoms with Crippen LogP contribution in [0.1, 0.15) is 11.7 Å². The number of piperazine rings is 1. The van der Waals surface area contributed by atoms with Gasteiger partial charge < -0.3 is 15.3 Å². The highest BCUT2D eigenvalue weighted by Gasteiger charge is 2.23. The van der Waals surface area contributed by atoms with Crippen molar-refractivity contribution in [1.82, 2.24) is 10.2 Å². The summed E-state index contributed by atoms with van der Waals surface area (Å²) < 4.78 is 0. The molecule has 2 N–H and O–H groups in total. The molecule has 1 atom stereocenters. The van der Waals surface area contributed by atoms with Crippen molar-refractivity contribution in [2.75, 3.05) is 45.2 Å². The summed E-state index contributed by atoms with van der Waals surface area (Å²) in [7, 11) is 3.75. The number of nitrogens with one attached hydrogen (secondary N) is 1. The van der Waals surface area contributed by atoms with Crippen LogP contribution in [0.2, 0.25) is 0 Å². The Morgan fingerprint density at radius 2 is 2.21 bits per heavy atom. The van der Waals surface area contributed by atoms with Gasteiger partial charge in [0.05, 0.1) is 12.6 Å². The second-order valence-electron chi connectivity index (χ2n) is 4.95. The highest BCUT2D eigenvalue weighted by Crippen LogP contribution is 2.22. The van der Waals surface area contributed by atoms with Crippen molar-refractivity contribution in [2.45, 2.75) is 6.10 Å². The number of aliphatic hydroxyl groups is 1. The lowest BCUT2D eigenvalue weighted by atomic mass is 10.1. The van der Waals surface area contributed by atoms with E-state index in [1.807, 2.05) is 36.2 Å². The van der Waals surface area contributed by atoms with E-state index in [4.69, 9.17) is 0 Å². The molecule has 0 bridgehead atoms. The maximum atomic E-state index is 12.0. The van der Waals surface area contributed by atoms with Crippen LogP contribution in [-0.4, -0.2) is 56.2 Å². The van der Waals surface area contributed by atoms with E-state index >= 15 is 0 Å². The number of aliphatic hydroxyl groups excluding tert-OH is 1. The highest BCUT2D eigenvalue weighted by molar-refractivity contribution is 5.95. The van der Waals surface area contributed by atoms with Gasteiger partial charge in [-0.3, -0.25) is 9.69 Å². The van der Waals surface area contributed by atoms with E-state index in [1.165, 1.54) is 0 Å². The smallest absolute Gasteiger partial charge is 0.241 e. The third-order valence-electron chi connectivity index (χ3n) is 3.38. The minimum Gasteiger partial charge on any atom is -0.387 e. The highest BCUT2D eigenvalue weighted by atomic mass is 16.3. The van der Waals surface area contributed by atoms with Crippen molar-refractivity contribution in [1.29, 1.82) is 0 Å². The summed E-state index contributed by atoms with van der Waals surface area (Å²) in [6.07, 6.45) is -0.549. The molecule has 0 saturated carbocycles. The molecule has 5 heteroatoms. The first-order valence-electron chi connectivity index (χ1n) is 6.53. The second kappa shape index (κ2) is 6.14. The molecule has 0 spiro atoms. The van der Waals surface area contributed by atoms with Crippen molar-refractivity contribution in [3.8, 4) is 0 Å². The molecule has 104 valence electrons. The predicted molar refractivity (Wildman–Crippen MR) is 75.2 cm³/mol. The van der Waals surface area contributed by atoms with Gasteiger partial charge in [0.1, 0.15) is 0 Å². The number of hydrogen-bond donors (Lipinski definition) is 2. The number of rotatable bonds is 4. The molecule has 1 fully saturated rings. The number of amides is 1. The molecule has 1 saturated heterocycles. The van der Waals surface area contributed by atoms with E-state index in [1.54, 1.807) is 11.9 Å². The van der Waals surface area contributed by atoms with Gasteiger partial charge in [0, 0.05) is 25.3 Å². The fraction of sp³-hybridized carbons (Fsp3) is 0.500. The molecule has 1 aliphatic heterocycles. The summed E-state index contributed by atoms with van der Waals surface area (Å²) in [6, 6.07) is 7.57. The molecule has 1 aliphatic rings. The van der Waals surface area contributed by atoms with Gasteiger partial charge in [-0.2, -0.15) is 0 Å². The van der Waals surface area contributed by atoms with Crippen LogP contribution >= 0.6 is 0 Å². The molecule has 5 nitrogen and oxygen atoms in total. The predicted octanol–water partition coefficient (Wildman–Crippen LogP) is 0.218. The number of carbonyl (C=O) groups excluding carboxylic acids is 1. The number of anilines is 1. The summed E-state index contributed by atoms with van der Waals surface area (Å²) in [6.45, 7) is 2.51. The third kappa shape index (κ3) is 3.32. The van der Waals surface area contributed by atoms with Crippen LogP contribution in [0.4, 0.5) is 5.69 Å². The Balaban J connectivity index is 2.16. The molecule has 19 heavy (non-hydrogen) atoms. The SMILES string of the molecule is CNCC(O)c1cccc(N2CCN(C)CC2=O)c1. The lowest BCUT2D eigenvalue weighted by Crippen LogP contribution is -2.48. The minimum absolute atomic E-state index is 0.106. The molecular weight excluding hydrogens is 242 g/mol. The number of benzene rings is 1. The summed E-state index contributed by atoms with van der Waals surface area (Å²) in [5.74, 6) is 0.106. The van der Waals surface area contributed by atoms with Crippen LogP contribution in [0.3, 0.4) is 0 Å². The van der Waals surface area contributed by atoms with Crippen LogP contribution in [0.5, 0.6) is 0 Å². The molecule has 1 aromatic carbocycles. The lowest BCUT2D eigenvalue weighted by Gasteiger charge is -2.32. The summed E-state index contributed by atoms with van der Waals surface area (Å²) in [4.78, 5) is 15.8. The van der Waals surface area contributed by atoms with Crippen molar-refractivity contribution in [3.05, 3.63) is 29.8 Å². The van der Waals surface area contributed by atoms with Gasteiger partial charge in [0.25, 0.3) is 0 Å². The molecule has 2 rings (SSSR count). The Bertz CT molecular complexity index is 450. The van der Waals surface area contributed by atoms with Gasteiger partial charge in [-0.05, 0) is 31.8 Å². The maximum absolute atomic E-state index is 12.0. The van der Waals surface area contributed by atoms with E-state index in [-0.39, 0.29) is 5.91 Å². The van der Waals surface area contributed by atoms with E-state index in [2.05, 4.69) is 5.32 Å². The van der Waals surface area contributed by atoms with E-state index in [0.717, 1.165) is 17.8 Å². The van der Waals surface area contributed by atoms with Gasteiger partial charge in [0.2, 0.25) is 5.91 Å². The fourth-order valence-electron chi connectivity index (χ4n) is 2.27. The number of carbonyl (C=O) groups is 1. The monoisotopic (exact) mass is 263 g/mol. The third-order valence-corrected chi connectivity index (χ3v) is 3.38. The second-order valence-corrected chi connectivity index (χ2v) is 4.95. The standard InChI is InChI=1S/C14H21N3O2/c1-15-9-13(18)11-4-3-5-12(8-11)17-7-6-16(2)10-14(17)19/h3-5,8,13,15,18H,6-7,9-10H2,1-2H3. The summed E-state index contributed by atoms with van der Waals surface area (Å²) in [5.41, 5.74) is 1.70. The van der Waals surface area contributed by atoms with E-state index in [9.17, 15) is 9.90 Å². The van der Waals surface area contributed by atoms with Crippen molar-refractivity contribution >= 4 is 11.6 Å². The van der Waals surface area contributed by atoms with E-state index < -0.39 is 6.10 Å². The van der Waals surface area contributed by atoms with Crippen LogP contribution in [-0.2, 0) is 4.79 Å². The largest absolute Gasteiger partial charge is 0.387 e. The van der Waals surface area contributed by atoms with E-state index in [0.29, 0.717) is 19.6 Å². The Kier molecular flexibility index (Phi) is 4.52. The first-order chi connectivity index (χ1) is 9.11. The molecule has 1 unspecified atom stereocenters. The quantitative estimate of drug-likeness (QED) is 0.816. The first-order valence-corrected chi connectivity index (χ1v) is 6.53. The van der Waals surface area contributed by atoms with Gasteiger partial charge in [-0.1, -0.05) is 12.1 Å². The molecule has 1 aromatic rings. The molecule has 0 aliphatic carbocycles. The topological polar surface area (TPSA) is 55.8 Å². The van der Waals surface area contributed by atoms with Crippen molar-refractivity contribution in [2.24, 2.45) is 0 Å². The number of likely N-dealkylation sites (N-methyl/N-ethyl adjacent to an activating group) is 2. The van der Waals surface area contributed by atoms with Crippen LogP contribution in [0.25, 0.3) is 0 Å². The Labute approximate surface area is 113 Å². The lowest BCUT2D eigenvalue weighted by molar-refractivity contribution is -0.120. The molecule has 1 amide bonds. The van der Waals surface area contributed by atoms with Gasteiger partial charge in [-0.15, -0.1) is 0 Å². The van der Waals surface area contributed by atoms with Gasteiger partial charge >= 0.3 is 0 Å². The first kappa shape index (κ1) is 14.0. The molecule has 1 heterocycles. The van der Waals surface area contributed by atoms with Gasteiger partial charge in [-0.25, -0.2) is 0 Å². The zero-order valence-corrected chi connectivity index (χ0v) is 11.5. The Morgan fingerprint density at radius 1 is 1.42 bits per heavy atom. The summed E-state index contributed by atoms with van der Waals surface area (Å²) in [5, 5.41) is 12.9. The maximum Gasteiger partial charge on any atom is 0.241 e. The molecule has 0 radical (unpaired) electrons.